The highest BCUT2D eigenvalue weighted by Gasteiger charge is 2.51. The zero-order valence-corrected chi connectivity index (χ0v) is 50.2. The van der Waals surface area contributed by atoms with Gasteiger partial charge in [-0.05, 0) is 137 Å². The topological polar surface area (TPSA) is 18.5 Å². The first-order chi connectivity index (χ1) is 42.9. The quantitative estimate of drug-likeness (QED) is 0.136. The van der Waals surface area contributed by atoms with Gasteiger partial charge in [-0.1, -0.05) is 316 Å². The van der Waals surface area contributed by atoms with Crippen molar-refractivity contribution in [3.05, 3.63) is 337 Å². The van der Waals surface area contributed by atoms with Crippen molar-refractivity contribution < 1.29 is 9.47 Å². The van der Waals surface area contributed by atoms with Crippen molar-refractivity contribution in [3.63, 3.8) is 0 Å². The Morgan fingerprint density at radius 3 is 0.782 bits per heavy atom. The summed E-state index contributed by atoms with van der Waals surface area (Å²) in [5.41, 5.74) is 31.2. The van der Waals surface area contributed by atoms with Gasteiger partial charge >= 0.3 is 0 Å². The summed E-state index contributed by atoms with van der Waals surface area (Å²) >= 11 is 0. The monoisotopic (exact) mass is 1120 g/mol. The molecule has 0 unspecified atom stereocenters. The standard InChI is InChI=1S/C56H42O2.C27H20.C2H6/c1-57-51-37-50(56-48(42-27-15-6-16-28-42)36-34-46(40-23-11-4-12-24-40)54(56)44-31-19-8-20-32-44)52(58-2)38-49(51)55-47(41-25-13-5-14-26-41)35-33-45(39-21-9-3-10-22-39)53(55)43-29-17-7-18-30-43;1-17-11-13-21-22-14-12-18(2)16-26(22)27(25(21)15-17)23-9-5-3-7-19(23)20-8-4-6-10-24(20)27;1-2/h3-38H,1-2H3;3-16H,1-2H3;1-2H3. The van der Waals surface area contributed by atoms with E-state index in [-0.39, 0.29) is 5.41 Å². The van der Waals surface area contributed by atoms with Gasteiger partial charge in [0.15, 0.2) is 0 Å². The molecule has 420 valence electrons. The summed E-state index contributed by atoms with van der Waals surface area (Å²) in [6.07, 6.45) is 0. The van der Waals surface area contributed by atoms with Crippen LogP contribution in [0.5, 0.6) is 11.5 Å². The zero-order valence-electron chi connectivity index (χ0n) is 50.2. The average molecular weight is 1120 g/mol. The van der Waals surface area contributed by atoms with Crippen LogP contribution < -0.4 is 9.47 Å². The van der Waals surface area contributed by atoms with Crippen LogP contribution in [-0.2, 0) is 5.41 Å². The van der Waals surface area contributed by atoms with Crippen LogP contribution in [-0.4, -0.2) is 14.2 Å². The predicted molar refractivity (Wildman–Crippen MR) is 367 cm³/mol. The van der Waals surface area contributed by atoms with Crippen LogP contribution >= 0.6 is 0 Å². The lowest BCUT2D eigenvalue weighted by Gasteiger charge is -2.30. The van der Waals surface area contributed by atoms with E-state index in [1.54, 1.807) is 14.2 Å². The van der Waals surface area contributed by atoms with E-state index in [0.29, 0.717) is 0 Å². The van der Waals surface area contributed by atoms with E-state index in [1.165, 1.54) is 55.6 Å². The smallest absolute Gasteiger partial charge is 0.127 e. The highest BCUT2D eigenvalue weighted by atomic mass is 16.5. The molecule has 87 heavy (non-hydrogen) atoms. The molecule has 0 radical (unpaired) electrons. The van der Waals surface area contributed by atoms with Crippen LogP contribution in [0.2, 0.25) is 0 Å². The lowest BCUT2D eigenvalue weighted by Crippen LogP contribution is -2.26. The van der Waals surface area contributed by atoms with Gasteiger partial charge in [0.1, 0.15) is 11.5 Å². The van der Waals surface area contributed by atoms with Gasteiger partial charge in [-0.15, -0.1) is 0 Å². The summed E-state index contributed by atoms with van der Waals surface area (Å²) in [6, 6.07) is 109. The Morgan fingerprint density at radius 2 is 0.471 bits per heavy atom. The van der Waals surface area contributed by atoms with Crippen LogP contribution in [0.1, 0.15) is 47.2 Å². The molecule has 0 saturated carbocycles. The van der Waals surface area contributed by atoms with Gasteiger partial charge < -0.3 is 9.47 Å². The Hall–Kier alpha value is -10.5. The zero-order chi connectivity index (χ0) is 59.4. The minimum absolute atomic E-state index is 0.199. The van der Waals surface area contributed by atoms with Crippen molar-refractivity contribution in [2.24, 2.45) is 0 Å². The van der Waals surface area contributed by atoms with E-state index in [1.807, 2.05) is 13.8 Å². The molecule has 15 rings (SSSR count). The Labute approximate surface area is 513 Å². The summed E-state index contributed by atoms with van der Waals surface area (Å²) < 4.78 is 13.1. The largest absolute Gasteiger partial charge is 0.496 e. The Balaban J connectivity index is 0.000000199. The number of benzene rings is 13. The highest BCUT2D eigenvalue weighted by Crippen LogP contribution is 2.63. The molecular weight excluding hydrogens is 1050 g/mol. The molecule has 13 aromatic carbocycles. The normalized spacial score (nSPS) is 11.9. The molecule has 1 spiro atoms. The first-order valence-electron chi connectivity index (χ1n) is 30.3. The third-order valence-electron chi connectivity index (χ3n) is 17.3. The molecule has 2 aliphatic carbocycles. The van der Waals surface area contributed by atoms with Gasteiger partial charge in [-0.2, -0.15) is 0 Å². The molecule has 0 N–H and O–H groups in total. The molecule has 2 nitrogen and oxygen atoms in total. The fraction of sp³-hybridized carbons (Fsp3) is 0.0824. The number of aryl methyl sites for hydroxylation is 2. The maximum absolute atomic E-state index is 6.54. The first-order valence-corrected chi connectivity index (χ1v) is 30.3. The summed E-state index contributed by atoms with van der Waals surface area (Å²) in [6.45, 7) is 8.41. The summed E-state index contributed by atoms with van der Waals surface area (Å²) in [5.74, 6) is 1.50. The number of hydrogen-bond acceptors (Lipinski definition) is 2. The molecule has 0 saturated heterocycles. The van der Waals surface area contributed by atoms with Crippen molar-refractivity contribution in [1.82, 2.24) is 0 Å². The Kier molecular flexibility index (Phi) is 15.5. The van der Waals surface area contributed by atoms with Crippen LogP contribution in [0.25, 0.3) is 111 Å². The van der Waals surface area contributed by atoms with Crippen LogP contribution in [0.4, 0.5) is 0 Å². The fourth-order valence-electron chi connectivity index (χ4n) is 13.7. The predicted octanol–water partition coefficient (Wildman–Crippen LogP) is 22.7. The van der Waals surface area contributed by atoms with E-state index in [2.05, 4.69) is 317 Å². The van der Waals surface area contributed by atoms with Crippen LogP contribution in [0.15, 0.2) is 303 Å². The molecule has 13 aromatic rings. The molecule has 2 aliphatic rings. The molecule has 0 amide bonds. The Bertz CT molecular complexity index is 4290. The van der Waals surface area contributed by atoms with Crippen molar-refractivity contribution in [2.75, 3.05) is 14.2 Å². The number of fused-ring (bicyclic) bond motifs is 10. The lowest BCUT2D eigenvalue weighted by molar-refractivity contribution is 0.406. The third-order valence-corrected chi connectivity index (χ3v) is 17.3. The third kappa shape index (κ3) is 9.84. The van der Waals surface area contributed by atoms with Crippen molar-refractivity contribution in [2.45, 2.75) is 33.1 Å². The van der Waals surface area contributed by atoms with E-state index in [9.17, 15) is 0 Å². The minimum Gasteiger partial charge on any atom is -0.496 e. The summed E-state index contributed by atoms with van der Waals surface area (Å²) in [4.78, 5) is 0. The van der Waals surface area contributed by atoms with E-state index >= 15 is 0 Å². The van der Waals surface area contributed by atoms with Crippen molar-refractivity contribution >= 4 is 0 Å². The number of rotatable bonds is 10. The summed E-state index contributed by atoms with van der Waals surface area (Å²) in [5, 5.41) is 0. The molecule has 0 aliphatic heterocycles. The Morgan fingerprint density at radius 1 is 0.218 bits per heavy atom. The maximum Gasteiger partial charge on any atom is 0.127 e. The van der Waals surface area contributed by atoms with Gasteiger partial charge in [0.05, 0.1) is 19.6 Å². The van der Waals surface area contributed by atoms with Gasteiger partial charge in [0.25, 0.3) is 0 Å². The molecule has 0 fully saturated rings. The average Bonchev–Trinajstić information content (AvgIpc) is 1.53. The number of methoxy groups -OCH3 is 2. The maximum atomic E-state index is 6.54. The van der Waals surface area contributed by atoms with E-state index in [0.717, 1.165) is 101 Å². The number of ether oxygens (including phenoxy) is 2. The SMILES string of the molecule is CC.COc1cc(-c2c(-c3ccccc3)ccc(-c3ccccc3)c2-c2ccccc2)c(OC)cc1-c1c(-c2ccccc2)ccc(-c2ccccc2)c1-c1ccccc1.Cc1ccc2c(c1)C1(c3ccccc3-c3ccccc31)c1cc(C)ccc1-2. The van der Waals surface area contributed by atoms with Gasteiger partial charge in [-0.3, -0.25) is 0 Å². The second-order valence-corrected chi connectivity index (χ2v) is 22.2. The highest BCUT2D eigenvalue weighted by molar-refractivity contribution is 6.07. The molecule has 0 aromatic heterocycles. The second kappa shape index (κ2) is 24.2. The van der Waals surface area contributed by atoms with Gasteiger partial charge in [0, 0.05) is 22.3 Å². The van der Waals surface area contributed by atoms with Crippen molar-refractivity contribution in [3.8, 4) is 123 Å². The lowest BCUT2D eigenvalue weighted by atomic mass is 9.70. The molecular formula is C85H68O2. The molecule has 2 heteroatoms. The fourth-order valence-corrected chi connectivity index (χ4v) is 13.7. The summed E-state index contributed by atoms with van der Waals surface area (Å²) in [7, 11) is 3.55. The van der Waals surface area contributed by atoms with Crippen molar-refractivity contribution in [1.29, 1.82) is 0 Å². The van der Waals surface area contributed by atoms with Gasteiger partial charge in [0.2, 0.25) is 0 Å². The molecule has 0 bridgehead atoms. The van der Waals surface area contributed by atoms with Crippen LogP contribution in [0.3, 0.4) is 0 Å². The number of hydrogen-bond donors (Lipinski definition) is 0. The van der Waals surface area contributed by atoms with E-state index < -0.39 is 0 Å². The first kappa shape index (κ1) is 55.6. The van der Waals surface area contributed by atoms with Gasteiger partial charge in [-0.25, -0.2) is 0 Å². The molecule has 0 heterocycles. The van der Waals surface area contributed by atoms with E-state index in [4.69, 9.17) is 9.47 Å². The second-order valence-electron chi connectivity index (χ2n) is 22.2. The molecule has 0 atom stereocenters. The minimum atomic E-state index is -0.199. The van der Waals surface area contributed by atoms with Crippen LogP contribution in [0, 0.1) is 13.8 Å².